The molecule has 84 valence electrons. The van der Waals surface area contributed by atoms with E-state index in [1.807, 2.05) is 6.07 Å². The molecule has 0 aromatic heterocycles. The van der Waals surface area contributed by atoms with Crippen molar-refractivity contribution in [3.63, 3.8) is 0 Å². The molecule has 0 aliphatic carbocycles. The minimum atomic E-state index is -0.409. The van der Waals surface area contributed by atoms with Crippen LogP contribution in [0.15, 0.2) is 12.1 Å². The third kappa shape index (κ3) is 2.88. The van der Waals surface area contributed by atoms with Gasteiger partial charge in [-0.3, -0.25) is 4.79 Å². The first-order valence-corrected chi connectivity index (χ1v) is 5.03. The molecule has 4 nitrogen and oxygen atoms in total. The quantitative estimate of drug-likeness (QED) is 0.820. The fraction of sp³-hybridized carbons (Fsp3) is 0.273. The Morgan fingerprint density at radius 1 is 1.62 bits per heavy atom. The van der Waals surface area contributed by atoms with Crippen LogP contribution in [0.4, 0.5) is 0 Å². The topological polar surface area (TPSA) is 70.3 Å². The Kier molecular flexibility index (Phi) is 4.15. The van der Waals surface area contributed by atoms with Crippen molar-refractivity contribution in [1.82, 2.24) is 0 Å². The summed E-state index contributed by atoms with van der Waals surface area (Å²) >= 11 is 5.67. The lowest BCUT2D eigenvalue weighted by Crippen LogP contribution is -2.07. The zero-order chi connectivity index (χ0) is 12.1. The second-order valence-electron chi connectivity index (χ2n) is 3.07. The van der Waals surface area contributed by atoms with Gasteiger partial charge in [0.05, 0.1) is 18.6 Å². The van der Waals surface area contributed by atoms with Crippen molar-refractivity contribution in [2.75, 3.05) is 6.61 Å². The van der Waals surface area contributed by atoms with E-state index >= 15 is 0 Å². The average molecular weight is 240 g/mol. The summed E-state index contributed by atoms with van der Waals surface area (Å²) in [6.07, 6.45) is 0.00719. The van der Waals surface area contributed by atoms with Gasteiger partial charge in [-0.2, -0.15) is 5.26 Å². The first-order chi connectivity index (χ1) is 7.58. The van der Waals surface area contributed by atoms with Gasteiger partial charge in [-0.15, -0.1) is 0 Å². The highest BCUT2D eigenvalue weighted by Crippen LogP contribution is 2.28. The number of hydrogen-bond donors (Lipinski definition) is 1. The predicted molar refractivity (Wildman–Crippen MR) is 58.2 cm³/mol. The highest BCUT2D eigenvalue weighted by atomic mass is 35.5. The summed E-state index contributed by atoms with van der Waals surface area (Å²) in [5.74, 6) is -0.617. The average Bonchev–Trinajstić information content (AvgIpc) is 2.23. The lowest BCUT2D eigenvalue weighted by molar-refractivity contribution is -0.142. The molecule has 5 heteroatoms. The number of nitriles is 1. The Bertz CT molecular complexity index is 451. The zero-order valence-corrected chi connectivity index (χ0v) is 9.41. The van der Waals surface area contributed by atoms with Crippen LogP contribution in [0.25, 0.3) is 0 Å². The summed E-state index contributed by atoms with van der Waals surface area (Å²) in [6, 6.07) is 4.64. The van der Waals surface area contributed by atoms with Crippen molar-refractivity contribution in [1.29, 1.82) is 5.26 Å². The van der Waals surface area contributed by atoms with Crippen molar-refractivity contribution >= 4 is 17.6 Å². The van der Waals surface area contributed by atoms with Gasteiger partial charge >= 0.3 is 5.97 Å². The number of nitrogens with zero attached hydrogens (tertiary/aromatic N) is 1. The molecule has 0 saturated carbocycles. The zero-order valence-electron chi connectivity index (χ0n) is 8.66. The van der Waals surface area contributed by atoms with Crippen molar-refractivity contribution < 1.29 is 14.6 Å². The molecule has 0 bridgehead atoms. The molecule has 1 N–H and O–H groups in total. The van der Waals surface area contributed by atoms with E-state index in [0.29, 0.717) is 12.2 Å². The van der Waals surface area contributed by atoms with E-state index in [1.54, 1.807) is 6.92 Å². The summed E-state index contributed by atoms with van der Waals surface area (Å²) in [7, 11) is 0. The Morgan fingerprint density at radius 3 is 2.88 bits per heavy atom. The van der Waals surface area contributed by atoms with Crippen LogP contribution in [-0.4, -0.2) is 17.7 Å². The monoisotopic (exact) mass is 239 g/mol. The van der Waals surface area contributed by atoms with E-state index in [9.17, 15) is 9.90 Å². The van der Waals surface area contributed by atoms with Crippen LogP contribution in [0.3, 0.4) is 0 Å². The molecule has 0 fully saturated rings. The Labute approximate surface area is 98.0 Å². The number of phenolic OH excluding ortho intramolecular Hbond substituents is 1. The Hall–Kier alpha value is -1.73. The summed E-state index contributed by atoms with van der Waals surface area (Å²) in [4.78, 5) is 11.2. The Balaban J connectivity index is 2.95. The normalized spacial score (nSPS) is 9.56. The third-order valence-electron chi connectivity index (χ3n) is 1.89. The molecule has 0 atom stereocenters. The molecule has 1 aromatic rings. The van der Waals surface area contributed by atoms with Crippen LogP contribution < -0.4 is 0 Å². The molecule has 16 heavy (non-hydrogen) atoms. The molecule has 0 unspecified atom stereocenters. The molecule has 0 spiro atoms. The number of halogens is 1. The largest absolute Gasteiger partial charge is 0.506 e. The molecular formula is C11H10ClNO3. The number of carbonyl (C=O) groups excluding carboxylic acids is 1. The lowest BCUT2D eigenvalue weighted by Gasteiger charge is -2.05. The van der Waals surface area contributed by atoms with E-state index < -0.39 is 5.97 Å². The second-order valence-corrected chi connectivity index (χ2v) is 3.45. The summed E-state index contributed by atoms with van der Waals surface area (Å²) in [5.41, 5.74) is 0.637. The maximum absolute atomic E-state index is 11.2. The van der Waals surface area contributed by atoms with Gasteiger partial charge in [-0.05, 0) is 24.6 Å². The molecule has 0 aliphatic heterocycles. The second kappa shape index (κ2) is 5.38. The van der Waals surface area contributed by atoms with Crippen LogP contribution in [-0.2, 0) is 16.0 Å². The maximum atomic E-state index is 11.2. The molecule has 0 heterocycles. The third-order valence-corrected chi connectivity index (χ3v) is 2.28. The first kappa shape index (κ1) is 12.3. The number of esters is 1. The highest BCUT2D eigenvalue weighted by Gasteiger charge is 2.11. The molecule has 0 aliphatic rings. The van der Waals surface area contributed by atoms with Crippen LogP contribution in [0.5, 0.6) is 5.75 Å². The minimum Gasteiger partial charge on any atom is -0.506 e. The van der Waals surface area contributed by atoms with E-state index in [0.717, 1.165) is 0 Å². The first-order valence-electron chi connectivity index (χ1n) is 4.65. The number of carbonyl (C=O) groups is 1. The summed E-state index contributed by atoms with van der Waals surface area (Å²) in [5, 5.41) is 18.2. The number of hydrogen-bond acceptors (Lipinski definition) is 4. The fourth-order valence-electron chi connectivity index (χ4n) is 1.23. The molecule has 0 saturated heterocycles. The van der Waals surface area contributed by atoms with Crippen LogP contribution in [0.2, 0.25) is 5.02 Å². The molecule has 0 radical (unpaired) electrons. The molecule has 1 aromatic carbocycles. The van der Waals surface area contributed by atoms with Gasteiger partial charge < -0.3 is 9.84 Å². The van der Waals surface area contributed by atoms with E-state index in [-0.39, 0.29) is 22.8 Å². The lowest BCUT2D eigenvalue weighted by atomic mass is 10.1. The van der Waals surface area contributed by atoms with Crippen molar-refractivity contribution in [2.45, 2.75) is 13.3 Å². The number of ether oxygens (including phenoxy) is 1. The van der Waals surface area contributed by atoms with Gasteiger partial charge in [0.2, 0.25) is 0 Å². The molecule has 0 amide bonds. The predicted octanol–water partition coefficient (Wildman–Crippen LogP) is 2.02. The summed E-state index contributed by atoms with van der Waals surface area (Å²) in [6.45, 7) is 2.00. The molecule has 1 rings (SSSR count). The van der Waals surface area contributed by atoms with Crippen molar-refractivity contribution in [3.05, 3.63) is 28.3 Å². The van der Waals surface area contributed by atoms with Crippen molar-refractivity contribution in [2.24, 2.45) is 0 Å². The van der Waals surface area contributed by atoms with Gasteiger partial charge in [0.15, 0.2) is 0 Å². The Morgan fingerprint density at radius 2 is 2.31 bits per heavy atom. The number of aromatic hydroxyl groups is 1. The van der Waals surface area contributed by atoms with E-state index in [4.69, 9.17) is 21.6 Å². The van der Waals surface area contributed by atoms with Gasteiger partial charge in [0.25, 0.3) is 0 Å². The fourth-order valence-corrected chi connectivity index (χ4v) is 1.38. The highest BCUT2D eigenvalue weighted by molar-refractivity contribution is 6.33. The van der Waals surface area contributed by atoms with E-state index in [2.05, 4.69) is 0 Å². The van der Waals surface area contributed by atoms with Crippen LogP contribution in [0.1, 0.15) is 18.1 Å². The number of rotatable bonds is 3. The smallest absolute Gasteiger partial charge is 0.310 e. The molecular weight excluding hydrogens is 230 g/mol. The van der Waals surface area contributed by atoms with E-state index in [1.165, 1.54) is 12.1 Å². The number of benzene rings is 1. The van der Waals surface area contributed by atoms with Crippen LogP contribution >= 0.6 is 11.6 Å². The minimum absolute atomic E-state index is 0.00453. The van der Waals surface area contributed by atoms with Gasteiger partial charge in [-0.1, -0.05) is 11.6 Å². The van der Waals surface area contributed by atoms with Crippen LogP contribution in [0, 0.1) is 11.3 Å². The maximum Gasteiger partial charge on any atom is 0.310 e. The standard InChI is InChI=1S/C11H10ClNO3/c1-2-16-10(15)5-7-3-8(6-13)11(12)9(14)4-7/h3-4,14H,2,5H2,1H3. The van der Waals surface area contributed by atoms with Gasteiger partial charge in [0.1, 0.15) is 16.8 Å². The van der Waals surface area contributed by atoms with Gasteiger partial charge in [-0.25, -0.2) is 0 Å². The summed E-state index contributed by atoms with van der Waals surface area (Å²) < 4.78 is 4.75. The SMILES string of the molecule is CCOC(=O)Cc1cc(O)c(Cl)c(C#N)c1. The number of phenols is 1. The van der Waals surface area contributed by atoms with Crippen molar-refractivity contribution in [3.8, 4) is 11.8 Å². The van der Waals surface area contributed by atoms with Gasteiger partial charge in [0, 0.05) is 0 Å².